The van der Waals surface area contributed by atoms with Gasteiger partial charge in [-0.15, -0.1) is 0 Å². The van der Waals surface area contributed by atoms with Crippen molar-refractivity contribution in [1.29, 1.82) is 0 Å². The third-order valence-electron chi connectivity index (χ3n) is 4.39. The van der Waals surface area contributed by atoms with Crippen LogP contribution in [-0.2, 0) is 11.3 Å². The summed E-state index contributed by atoms with van der Waals surface area (Å²) in [4.78, 5) is 0. The maximum atomic E-state index is 5.74. The Morgan fingerprint density at radius 3 is 2.62 bits per heavy atom. The van der Waals surface area contributed by atoms with Gasteiger partial charge in [0.05, 0.1) is 13.2 Å². The monoisotopic (exact) mass is 291 g/mol. The molecule has 2 heterocycles. The maximum absolute atomic E-state index is 5.74. The van der Waals surface area contributed by atoms with Crippen LogP contribution in [0.3, 0.4) is 0 Å². The molecule has 4 heteroatoms. The van der Waals surface area contributed by atoms with Crippen molar-refractivity contribution in [1.82, 2.24) is 5.32 Å². The number of ether oxygens (including phenoxy) is 3. The van der Waals surface area contributed by atoms with Crippen LogP contribution in [0.15, 0.2) is 18.2 Å². The van der Waals surface area contributed by atoms with Crippen molar-refractivity contribution in [3.05, 3.63) is 23.8 Å². The van der Waals surface area contributed by atoms with Gasteiger partial charge < -0.3 is 19.5 Å². The summed E-state index contributed by atoms with van der Waals surface area (Å²) in [6.07, 6.45) is 3.23. The third-order valence-corrected chi connectivity index (χ3v) is 4.39. The summed E-state index contributed by atoms with van der Waals surface area (Å²) >= 11 is 0. The molecular formula is C17H25NO3. The number of fused-ring (bicyclic) bond motifs is 1. The third kappa shape index (κ3) is 3.89. The molecule has 1 aromatic carbocycles. The number of hydrogen-bond acceptors (Lipinski definition) is 4. The first-order valence-electron chi connectivity index (χ1n) is 7.92. The molecule has 4 nitrogen and oxygen atoms in total. The Morgan fingerprint density at radius 2 is 1.81 bits per heavy atom. The lowest BCUT2D eigenvalue weighted by atomic mass is 9.82. The highest BCUT2D eigenvalue weighted by Crippen LogP contribution is 2.31. The molecule has 1 saturated heterocycles. The average molecular weight is 291 g/mol. The van der Waals surface area contributed by atoms with Crippen LogP contribution in [0.4, 0.5) is 0 Å². The van der Waals surface area contributed by atoms with Crippen LogP contribution in [0.2, 0.25) is 0 Å². The predicted octanol–water partition coefficient (Wildman–Crippen LogP) is 2.75. The first-order valence-corrected chi connectivity index (χ1v) is 7.92. The summed E-state index contributed by atoms with van der Waals surface area (Å²) in [5.74, 6) is 1.75. The molecule has 0 aromatic heterocycles. The Balaban J connectivity index is 1.54. The zero-order chi connectivity index (χ0) is 14.5. The summed E-state index contributed by atoms with van der Waals surface area (Å²) in [7, 11) is 0. The maximum Gasteiger partial charge on any atom is 0.161 e. The van der Waals surface area contributed by atoms with Gasteiger partial charge in [-0.25, -0.2) is 0 Å². The molecule has 1 fully saturated rings. The standard InChI is InChI=1S/C17H25NO3/c1-17(5-9-19-10-6-17)13-18-12-14-3-4-15-16(11-14)21-8-2-7-20-15/h3-4,11,18H,2,5-10,12-13H2,1H3. The normalized spacial score (nSPS) is 20.8. The topological polar surface area (TPSA) is 39.7 Å². The lowest BCUT2D eigenvalue weighted by molar-refractivity contribution is 0.0240. The van der Waals surface area contributed by atoms with E-state index in [1.165, 1.54) is 5.56 Å². The van der Waals surface area contributed by atoms with E-state index in [0.717, 1.165) is 70.3 Å². The van der Waals surface area contributed by atoms with Crippen LogP contribution in [0.1, 0.15) is 31.7 Å². The molecule has 116 valence electrons. The molecule has 1 N–H and O–H groups in total. The van der Waals surface area contributed by atoms with E-state index in [4.69, 9.17) is 14.2 Å². The highest BCUT2D eigenvalue weighted by atomic mass is 16.5. The van der Waals surface area contributed by atoms with E-state index in [9.17, 15) is 0 Å². The van der Waals surface area contributed by atoms with E-state index in [1.807, 2.05) is 6.07 Å². The molecule has 0 saturated carbocycles. The lowest BCUT2D eigenvalue weighted by Gasteiger charge is -2.33. The molecule has 3 rings (SSSR count). The van der Waals surface area contributed by atoms with E-state index in [2.05, 4.69) is 24.4 Å². The van der Waals surface area contributed by atoms with Crippen molar-refractivity contribution < 1.29 is 14.2 Å². The van der Waals surface area contributed by atoms with Gasteiger partial charge in [0.25, 0.3) is 0 Å². The Bertz CT molecular complexity index is 469. The molecule has 0 radical (unpaired) electrons. The van der Waals surface area contributed by atoms with Crippen molar-refractivity contribution >= 4 is 0 Å². The van der Waals surface area contributed by atoms with E-state index < -0.39 is 0 Å². The number of nitrogens with one attached hydrogen (secondary N) is 1. The van der Waals surface area contributed by atoms with Crippen molar-refractivity contribution in [2.24, 2.45) is 5.41 Å². The molecule has 0 amide bonds. The van der Waals surface area contributed by atoms with E-state index in [-0.39, 0.29) is 0 Å². The first-order chi connectivity index (χ1) is 10.3. The molecule has 2 aliphatic rings. The summed E-state index contributed by atoms with van der Waals surface area (Å²) in [6.45, 7) is 7.51. The van der Waals surface area contributed by atoms with Crippen LogP contribution in [-0.4, -0.2) is 33.0 Å². The Hall–Kier alpha value is -1.26. The fourth-order valence-corrected chi connectivity index (χ4v) is 2.87. The second-order valence-corrected chi connectivity index (χ2v) is 6.36. The second-order valence-electron chi connectivity index (χ2n) is 6.36. The minimum atomic E-state index is 0.365. The zero-order valence-electron chi connectivity index (χ0n) is 12.8. The Kier molecular flexibility index (Phi) is 4.66. The van der Waals surface area contributed by atoms with Crippen LogP contribution >= 0.6 is 0 Å². The van der Waals surface area contributed by atoms with Crippen molar-refractivity contribution in [3.63, 3.8) is 0 Å². The number of hydrogen-bond donors (Lipinski definition) is 1. The first kappa shape index (κ1) is 14.7. The molecule has 0 aliphatic carbocycles. The second kappa shape index (κ2) is 6.67. The average Bonchev–Trinajstić information content (AvgIpc) is 2.72. The zero-order valence-corrected chi connectivity index (χ0v) is 12.8. The largest absolute Gasteiger partial charge is 0.490 e. The quantitative estimate of drug-likeness (QED) is 0.926. The van der Waals surface area contributed by atoms with Crippen LogP contribution in [0.25, 0.3) is 0 Å². The fourth-order valence-electron chi connectivity index (χ4n) is 2.87. The van der Waals surface area contributed by atoms with Crippen molar-refractivity contribution in [3.8, 4) is 11.5 Å². The van der Waals surface area contributed by atoms with Gasteiger partial charge in [0.15, 0.2) is 11.5 Å². The predicted molar refractivity (Wildman–Crippen MR) is 81.9 cm³/mol. The van der Waals surface area contributed by atoms with E-state index >= 15 is 0 Å². The van der Waals surface area contributed by atoms with Crippen molar-refractivity contribution in [2.75, 3.05) is 33.0 Å². The summed E-state index contributed by atoms with van der Waals surface area (Å²) in [5, 5.41) is 3.58. The molecular weight excluding hydrogens is 266 g/mol. The summed E-state index contributed by atoms with van der Waals surface area (Å²) in [6, 6.07) is 6.24. The highest BCUT2D eigenvalue weighted by molar-refractivity contribution is 5.43. The SMILES string of the molecule is CC1(CNCc2ccc3c(c2)OCCCO3)CCOCC1. The van der Waals surface area contributed by atoms with Gasteiger partial charge in [-0.05, 0) is 36.0 Å². The molecule has 0 spiro atoms. The van der Waals surface area contributed by atoms with Gasteiger partial charge in [0.2, 0.25) is 0 Å². The number of rotatable bonds is 4. The molecule has 2 aliphatic heterocycles. The molecule has 0 atom stereocenters. The minimum Gasteiger partial charge on any atom is -0.490 e. The van der Waals surface area contributed by atoms with Crippen LogP contribution < -0.4 is 14.8 Å². The Labute approximate surface area is 126 Å². The lowest BCUT2D eigenvalue weighted by Crippen LogP contribution is -2.36. The van der Waals surface area contributed by atoms with Crippen molar-refractivity contribution in [2.45, 2.75) is 32.7 Å². The molecule has 21 heavy (non-hydrogen) atoms. The summed E-state index contributed by atoms with van der Waals surface area (Å²) in [5.41, 5.74) is 1.61. The van der Waals surface area contributed by atoms with E-state index in [1.54, 1.807) is 0 Å². The molecule has 0 bridgehead atoms. The molecule has 0 unspecified atom stereocenters. The van der Waals surface area contributed by atoms with Gasteiger partial charge in [0, 0.05) is 32.7 Å². The van der Waals surface area contributed by atoms with Gasteiger partial charge in [-0.1, -0.05) is 13.0 Å². The fraction of sp³-hybridized carbons (Fsp3) is 0.647. The van der Waals surface area contributed by atoms with Gasteiger partial charge >= 0.3 is 0 Å². The van der Waals surface area contributed by atoms with Crippen LogP contribution in [0, 0.1) is 5.41 Å². The smallest absolute Gasteiger partial charge is 0.161 e. The van der Waals surface area contributed by atoms with E-state index in [0.29, 0.717) is 5.41 Å². The number of benzene rings is 1. The minimum absolute atomic E-state index is 0.365. The highest BCUT2D eigenvalue weighted by Gasteiger charge is 2.26. The molecule has 1 aromatic rings. The summed E-state index contributed by atoms with van der Waals surface area (Å²) < 4.78 is 16.8. The van der Waals surface area contributed by atoms with Gasteiger partial charge in [0.1, 0.15) is 0 Å². The van der Waals surface area contributed by atoms with Crippen LogP contribution in [0.5, 0.6) is 11.5 Å². The van der Waals surface area contributed by atoms with Gasteiger partial charge in [-0.2, -0.15) is 0 Å². The van der Waals surface area contributed by atoms with Gasteiger partial charge in [-0.3, -0.25) is 0 Å². The Morgan fingerprint density at radius 1 is 1.05 bits per heavy atom.